The molecule has 0 unspecified atom stereocenters. The van der Waals surface area contributed by atoms with Crippen LogP contribution in [0.3, 0.4) is 0 Å². The van der Waals surface area contributed by atoms with Crippen LogP contribution < -0.4 is 0 Å². The molecule has 0 aliphatic carbocycles. The average molecular weight is 1430 g/mol. The highest BCUT2D eigenvalue weighted by atomic mass is 15.0. The molecule has 16 aromatic carbocycles. The molecule has 0 aliphatic heterocycles. The van der Waals surface area contributed by atoms with Gasteiger partial charge in [-0.2, -0.15) is 0 Å². The SMILES string of the molecule is c1ccc(-c2ccc(-c3nc(-c4ccccc4)nc(-c4ccc(-c5cccc(-c6ccc(-c7ccc8c(c7)ncc7ccccc78)cc6)c5)cc4)n3)cc2)cc1.c1ccc(-c2ccc(-c3nc(-c4ccccc4)nc(-c4ccc(-c5cccc(-c6ccc(-c7cccc8c7ccc7cccnc78)cc6)c5)cc4)n3)cc2)cc1. The van der Waals surface area contributed by atoms with Crippen LogP contribution in [0.2, 0.25) is 0 Å². The topological polar surface area (TPSA) is 103 Å². The fourth-order valence-electron chi connectivity index (χ4n) is 14.9. The molecule has 20 aromatic rings. The second kappa shape index (κ2) is 30.3. The summed E-state index contributed by atoms with van der Waals surface area (Å²) in [5.41, 5.74) is 26.2. The predicted molar refractivity (Wildman–Crippen MR) is 461 cm³/mol. The van der Waals surface area contributed by atoms with Gasteiger partial charge in [-0.1, -0.05) is 376 Å². The molecule has 8 heteroatoms. The van der Waals surface area contributed by atoms with Gasteiger partial charge in [0.05, 0.1) is 11.0 Å². The van der Waals surface area contributed by atoms with Crippen LogP contribution in [0.15, 0.2) is 413 Å². The summed E-state index contributed by atoms with van der Waals surface area (Å²) in [7, 11) is 0. The van der Waals surface area contributed by atoms with Gasteiger partial charge in [0, 0.05) is 67.3 Å². The summed E-state index contributed by atoms with van der Waals surface area (Å²) >= 11 is 0. The third-order valence-corrected chi connectivity index (χ3v) is 20.8. The van der Waals surface area contributed by atoms with E-state index in [0.717, 1.165) is 99.7 Å². The summed E-state index contributed by atoms with van der Waals surface area (Å²) in [6, 6.07) is 140. The van der Waals surface area contributed by atoms with E-state index in [1.807, 2.05) is 91.3 Å². The van der Waals surface area contributed by atoms with E-state index in [1.54, 1.807) is 0 Å². The Kier molecular flexibility index (Phi) is 18.2. The first-order chi connectivity index (χ1) is 55.4. The van der Waals surface area contributed by atoms with E-state index in [1.165, 1.54) is 66.1 Å². The lowest BCUT2D eigenvalue weighted by Gasteiger charge is -2.11. The van der Waals surface area contributed by atoms with E-state index in [4.69, 9.17) is 34.9 Å². The van der Waals surface area contributed by atoms with Gasteiger partial charge in [0.25, 0.3) is 0 Å². The maximum absolute atomic E-state index is 4.99. The van der Waals surface area contributed by atoms with Crippen LogP contribution in [0.5, 0.6) is 0 Å². The zero-order chi connectivity index (χ0) is 74.5. The molecule has 0 bridgehead atoms. The molecule has 0 fully saturated rings. The average Bonchev–Trinajstić information content (AvgIpc) is 0.800. The van der Waals surface area contributed by atoms with Crippen LogP contribution in [-0.2, 0) is 0 Å². The molecule has 0 saturated heterocycles. The standard InChI is InChI=1S/2C52H34N4/c1-3-10-35(11-4-1)36-21-27-42(28-22-36)51-54-50(41-12-5-2-6-13-41)55-52(56-51)43-29-23-38(24-30-43)45-15-7-14-44(34-45)37-19-25-39(26-20-37)46-17-8-18-48-47(46)32-31-40-16-9-33-53-49(40)48;1-3-10-35(11-4-1)36-22-26-41(27-23-36)51-54-50(40-12-5-2-6-13-40)55-52(56-51)42-28-24-38(25-29-42)44-16-9-15-43(32-44)37-18-20-39(21-19-37)45-30-31-48-47-17-8-7-14-46(47)34-53-49(48)33-45/h2*1-34H. The van der Waals surface area contributed by atoms with E-state index in [9.17, 15) is 0 Å². The first-order valence-electron chi connectivity index (χ1n) is 37.6. The van der Waals surface area contributed by atoms with E-state index < -0.39 is 0 Å². The van der Waals surface area contributed by atoms with Crippen molar-refractivity contribution in [2.75, 3.05) is 0 Å². The number of hydrogen-bond acceptors (Lipinski definition) is 8. The Hall–Kier alpha value is -15.1. The molecule has 0 radical (unpaired) electrons. The van der Waals surface area contributed by atoms with Crippen molar-refractivity contribution in [1.82, 2.24) is 39.9 Å². The number of hydrogen-bond donors (Lipinski definition) is 0. The summed E-state index contributed by atoms with van der Waals surface area (Å²) in [6.07, 6.45) is 3.83. The van der Waals surface area contributed by atoms with Crippen LogP contribution in [0.25, 0.3) is 201 Å². The minimum absolute atomic E-state index is 0.636. The van der Waals surface area contributed by atoms with Crippen molar-refractivity contribution in [2.45, 2.75) is 0 Å². The first-order valence-corrected chi connectivity index (χ1v) is 37.6. The van der Waals surface area contributed by atoms with Crippen LogP contribution >= 0.6 is 0 Å². The number of pyridine rings is 2. The van der Waals surface area contributed by atoms with Crippen molar-refractivity contribution in [3.8, 4) is 157 Å². The van der Waals surface area contributed by atoms with E-state index >= 15 is 0 Å². The molecular weight excluding hydrogens is 1360 g/mol. The van der Waals surface area contributed by atoms with Crippen molar-refractivity contribution in [3.63, 3.8) is 0 Å². The third kappa shape index (κ3) is 14.1. The van der Waals surface area contributed by atoms with Crippen LogP contribution in [0.1, 0.15) is 0 Å². The second-order valence-electron chi connectivity index (χ2n) is 27.8. The molecule has 524 valence electrons. The monoisotopic (exact) mass is 1430 g/mol. The van der Waals surface area contributed by atoms with Crippen LogP contribution in [-0.4, -0.2) is 39.9 Å². The van der Waals surface area contributed by atoms with Gasteiger partial charge in [0.1, 0.15) is 0 Å². The minimum atomic E-state index is 0.636. The molecule has 0 saturated carbocycles. The Balaban J connectivity index is 0.000000151. The zero-order valence-corrected chi connectivity index (χ0v) is 60.8. The normalized spacial score (nSPS) is 11.2. The Labute approximate surface area is 649 Å². The van der Waals surface area contributed by atoms with Gasteiger partial charge in [-0.05, 0) is 124 Å². The molecule has 0 amide bonds. The lowest BCUT2D eigenvalue weighted by molar-refractivity contribution is 1.07. The summed E-state index contributed by atoms with van der Waals surface area (Å²) in [5.74, 6) is 3.84. The number of nitrogens with zero attached hydrogens (tertiary/aromatic N) is 8. The van der Waals surface area contributed by atoms with Gasteiger partial charge in [-0.15, -0.1) is 0 Å². The molecule has 4 aromatic heterocycles. The Morgan fingerprint density at radius 2 is 0.438 bits per heavy atom. The molecule has 8 nitrogen and oxygen atoms in total. The molecule has 0 N–H and O–H groups in total. The molecule has 0 atom stereocenters. The maximum Gasteiger partial charge on any atom is 0.164 e. The molecule has 0 aliphatic rings. The van der Waals surface area contributed by atoms with Gasteiger partial charge in [0.2, 0.25) is 0 Å². The molecule has 4 heterocycles. The highest BCUT2D eigenvalue weighted by Gasteiger charge is 2.18. The van der Waals surface area contributed by atoms with Gasteiger partial charge in [0.15, 0.2) is 34.9 Å². The highest BCUT2D eigenvalue weighted by molar-refractivity contribution is 6.10. The van der Waals surface area contributed by atoms with Gasteiger partial charge < -0.3 is 0 Å². The summed E-state index contributed by atoms with van der Waals surface area (Å²) in [6.45, 7) is 0. The van der Waals surface area contributed by atoms with Crippen molar-refractivity contribution >= 4 is 43.4 Å². The van der Waals surface area contributed by atoms with Crippen molar-refractivity contribution in [2.24, 2.45) is 0 Å². The summed E-state index contributed by atoms with van der Waals surface area (Å²) in [5, 5.41) is 7.09. The zero-order valence-electron chi connectivity index (χ0n) is 60.8. The number of fused-ring (bicyclic) bond motifs is 6. The van der Waals surface area contributed by atoms with Crippen molar-refractivity contribution in [3.05, 3.63) is 413 Å². The molecular formula is C104H68N8. The number of benzene rings is 16. The summed E-state index contributed by atoms with van der Waals surface area (Å²) in [4.78, 5) is 39.2. The van der Waals surface area contributed by atoms with E-state index in [2.05, 4.69) is 327 Å². The fraction of sp³-hybridized carbons (Fsp3) is 0. The Morgan fingerprint density at radius 1 is 0.152 bits per heavy atom. The quantitative estimate of drug-likeness (QED) is 0.0992. The summed E-state index contributed by atoms with van der Waals surface area (Å²) < 4.78 is 0. The van der Waals surface area contributed by atoms with E-state index in [0.29, 0.717) is 34.9 Å². The number of rotatable bonds is 14. The number of aromatic nitrogens is 8. The Morgan fingerprint density at radius 3 is 0.857 bits per heavy atom. The first kappa shape index (κ1) is 67.5. The van der Waals surface area contributed by atoms with Crippen molar-refractivity contribution < 1.29 is 0 Å². The lowest BCUT2D eigenvalue weighted by atomic mass is 9.94. The maximum atomic E-state index is 4.99. The van der Waals surface area contributed by atoms with Gasteiger partial charge in [-0.25, -0.2) is 29.9 Å². The second-order valence-corrected chi connectivity index (χ2v) is 27.8. The van der Waals surface area contributed by atoms with Crippen LogP contribution in [0.4, 0.5) is 0 Å². The smallest absolute Gasteiger partial charge is 0.164 e. The fourth-order valence-corrected chi connectivity index (χ4v) is 14.9. The largest absolute Gasteiger partial charge is 0.256 e. The Bertz CT molecular complexity index is 6790. The molecule has 0 spiro atoms. The molecule has 20 rings (SSSR count). The minimum Gasteiger partial charge on any atom is -0.256 e. The third-order valence-electron chi connectivity index (χ3n) is 20.8. The van der Waals surface area contributed by atoms with Crippen molar-refractivity contribution in [1.29, 1.82) is 0 Å². The lowest BCUT2D eigenvalue weighted by Crippen LogP contribution is -2.00. The van der Waals surface area contributed by atoms with E-state index in [-0.39, 0.29) is 0 Å². The van der Waals surface area contributed by atoms with Crippen LogP contribution in [0, 0.1) is 0 Å². The highest BCUT2D eigenvalue weighted by Crippen LogP contribution is 2.38. The molecule has 112 heavy (non-hydrogen) atoms. The predicted octanol–water partition coefficient (Wildman–Crippen LogP) is 26.5. The van der Waals surface area contributed by atoms with Gasteiger partial charge in [-0.3, -0.25) is 9.97 Å². The van der Waals surface area contributed by atoms with Gasteiger partial charge >= 0.3 is 0 Å².